The predicted octanol–water partition coefficient (Wildman–Crippen LogP) is 4.13. The lowest BCUT2D eigenvalue weighted by molar-refractivity contribution is 0.0391. The number of amides is 1. The van der Waals surface area contributed by atoms with Crippen LogP contribution in [0.25, 0.3) is 27.8 Å². The van der Waals surface area contributed by atoms with Gasteiger partial charge in [0.1, 0.15) is 23.4 Å². The first-order valence-electron chi connectivity index (χ1n) is 12.1. The molecule has 0 bridgehead atoms. The molecule has 1 aliphatic rings. The largest absolute Gasteiger partial charge is 0.496 e. The van der Waals surface area contributed by atoms with Crippen molar-refractivity contribution in [2.75, 3.05) is 21.3 Å². The number of aromatic nitrogens is 4. The summed E-state index contributed by atoms with van der Waals surface area (Å²) in [7, 11) is 6.70. The quantitative estimate of drug-likeness (QED) is 0.420. The number of carbonyl (C=O) groups is 1. The summed E-state index contributed by atoms with van der Waals surface area (Å²) in [4.78, 5) is 18.0. The molecule has 5 rings (SSSR count). The number of hydrogen-bond donors (Lipinski definition) is 1. The fourth-order valence-corrected chi connectivity index (χ4v) is 5.01. The minimum Gasteiger partial charge on any atom is -0.496 e. The summed E-state index contributed by atoms with van der Waals surface area (Å²) >= 11 is 0. The maximum atomic E-state index is 13.4. The lowest BCUT2D eigenvalue weighted by atomic mass is 9.92. The Morgan fingerprint density at radius 3 is 2.44 bits per heavy atom. The number of imidazole rings is 1. The molecule has 1 aliphatic carbocycles. The molecule has 2 aromatic carbocycles. The van der Waals surface area contributed by atoms with Crippen molar-refractivity contribution in [3.05, 3.63) is 54.6 Å². The molecular formula is C27H31N5O4. The van der Waals surface area contributed by atoms with Crippen LogP contribution in [0.3, 0.4) is 0 Å². The predicted molar refractivity (Wildman–Crippen MR) is 137 cm³/mol. The molecule has 2 atom stereocenters. The summed E-state index contributed by atoms with van der Waals surface area (Å²) in [6.07, 6.45) is 9.56. The lowest BCUT2D eigenvalue weighted by Crippen LogP contribution is -2.46. The standard InChI is InChI=1S/C27H31N5O4/c1-31-15-18(14-29-31)17-9-10-22-21(11-17)28-16-32(22)19-12-24(35-3)26(25(13-19)36-4)27(33)30-20-7-5-6-8-23(20)34-2/h9-16,20,23H,5-8H2,1-4H3,(H,30,33). The molecule has 9 nitrogen and oxygen atoms in total. The summed E-state index contributed by atoms with van der Waals surface area (Å²) in [5.74, 6) is 0.627. The van der Waals surface area contributed by atoms with Crippen LogP contribution in [0.2, 0.25) is 0 Å². The highest BCUT2D eigenvalue weighted by atomic mass is 16.5. The van der Waals surface area contributed by atoms with E-state index in [1.807, 2.05) is 54.3 Å². The molecule has 2 unspecified atom stereocenters. The van der Waals surface area contributed by atoms with Gasteiger partial charge < -0.3 is 19.5 Å². The summed E-state index contributed by atoms with van der Waals surface area (Å²) in [6, 6.07) is 9.74. The van der Waals surface area contributed by atoms with Crippen LogP contribution in [-0.4, -0.2) is 58.7 Å². The second-order valence-corrected chi connectivity index (χ2v) is 9.08. The van der Waals surface area contributed by atoms with Crippen LogP contribution in [0, 0.1) is 0 Å². The van der Waals surface area contributed by atoms with Gasteiger partial charge in [0.2, 0.25) is 0 Å². The van der Waals surface area contributed by atoms with Crippen molar-refractivity contribution in [3.8, 4) is 28.3 Å². The zero-order valence-electron chi connectivity index (χ0n) is 21.0. The van der Waals surface area contributed by atoms with Crippen LogP contribution in [0.15, 0.2) is 49.1 Å². The number of rotatable bonds is 7. The van der Waals surface area contributed by atoms with Crippen molar-refractivity contribution in [1.29, 1.82) is 0 Å². The average Bonchev–Trinajstić information content (AvgIpc) is 3.53. The molecule has 4 aromatic rings. The molecule has 188 valence electrons. The molecule has 36 heavy (non-hydrogen) atoms. The minimum atomic E-state index is -0.235. The number of carbonyl (C=O) groups excluding carboxylic acids is 1. The molecule has 0 radical (unpaired) electrons. The maximum absolute atomic E-state index is 13.4. The van der Waals surface area contributed by atoms with Gasteiger partial charge in [0.25, 0.3) is 5.91 Å². The Morgan fingerprint density at radius 2 is 1.78 bits per heavy atom. The third-order valence-electron chi connectivity index (χ3n) is 6.90. The average molecular weight is 490 g/mol. The molecule has 1 amide bonds. The molecule has 0 saturated heterocycles. The van der Waals surface area contributed by atoms with E-state index in [4.69, 9.17) is 14.2 Å². The van der Waals surface area contributed by atoms with Gasteiger partial charge in [-0.25, -0.2) is 4.98 Å². The number of ether oxygens (including phenoxy) is 3. The number of aryl methyl sites for hydroxylation is 1. The highest BCUT2D eigenvalue weighted by Gasteiger charge is 2.29. The van der Waals surface area contributed by atoms with E-state index in [0.717, 1.165) is 53.5 Å². The number of nitrogens with one attached hydrogen (secondary N) is 1. The van der Waals surface area contributed by atoms with Crippen LogP contribution in [0.1, 0.15) is 36.0 Å². The minimum absolute atomic E-state index is 0.00725. The van der Waals surface area contributed by atoms with Crippen LogP contribution in [0.5, 0.6) is 11.5 Å². The van der Waals surface area contributed by atoms with Crippen molar-refractivity contribution >= 4 is 16.9 Å². The zero-order chi connectivity index (χ0) is 25.2. The first kappa shape index (κ1) is 23.9. The normalized spacial score (nSPS) is 17.8. The van der Waals surface area contributed by atoms with E-state index in [1.165, 1.54) is 0 Å². The second kappa shape index (κ2) is 10.0. The topological polar surface area (TPSA) is 92.4 Å². The van der Waals surface area contributed by atoms with Crippen LogP contribution in [-0.2, 0) is 11.8 Å². The molecule has 2 aromatic heterocycles. The van der Waals surface area contributed by atoms with Crippen molar-refractivity contribution in [2.24, 2.45) is 7.05 Å². The van der Waals surface area contributed by atoms with Crippen molar-refractivity contribution in [2.45, 2.75) is 37.8 Å². The SMILES string of the molecule is COc1cc(-n2cnc3cc(-c4cnn(C)c4)ccc32)cc(OC)c1C(=O)NC1CCCCC1OC. The van der Waals surface area contributed by atoms with E-state index in [2.05, 4.69) is 15.4 Å². The Morgan fingerprint density at radius 1 is 1.03 bits per heavy atom. The molecule has 1 saturated carbocycles. The van der Waals surface area contributed by atoms with Gasteiger partial charge in [-0.1, -0.05) is 18.9 Å². The van der Waals surface area contributed by atoms with Crippen LogP contribution < -0.4 is 14.8 Å². The fraction of sp³-hybridized carbons (Fsp3) is 0.370. The first-order valence-corrected chi connectivity index (χ1v) is 12.1. The van der Waals surface area contributed by atoms with E-state index < -0.39 is 0 Å². The monoisotopic (exact) mass is 489 g/mol. The zero-order valence-corrected chi connectivity index (χ0v) is 21.0. The van der Waals surface area contributed by atoms with Gasteiger partial charge in [-0.3, -0.25) is 14.0 Å². The molecule has 9 heteroatoms. The third-order valence-corrected chi connectivity index (χ3v) is 6.90. The van der Waals surface area contributed by atoms with Gasteiger partial charge >= 0.3 is 0 Å². The second-order valence-electron chi connectivity index (χ2n) is 9.08. The van der Waals surface area contributed by atoms with E-state index >= 15 is 0 Å². The Bertz CT molecular complexity index is 1370. The van der Waals surface area contributed by atoms with Gasteiger partial charge in [0, 0.05) is 38.1 Å². The van der Waals surface area contributed by atoms with Crippen LogP contribution >= 0.6 is 0 Å². The van der Waals surface area contributed by atoms with E-state index in [9.17, 15) is 4.79 Å². The van der Waals surface area contributed by atoms with Gasteiger partial charge in [-0.05, 0) is 30.5 Å². The third kappa shape index (κ3) is 4.42. The summed E-state index contributed by atoms with van der Waals surface area (Å²) < 4.78 is 20.7. The summed E-state index contributed by atoms with van der Waals surface area (Å²) in [6.45, 7) is 0. The number of nitrogens with zero attached hydrogens (tertiary/aromatic N) is 4. The molecule has 0 spiro atoms. The van der Waals surface area contributed by atoms with Crippen molar-refractivity contribution < 1.29 is 19.0 Å². The van der Waals surface area contributed by atoms with Crippen molar-refractivity contribution in [1.82, 2.24) is 24.6 Å². The van der Waals surface area contributed by atoms with Gasteiger partial charge in [-0.15, -0.1) is 0 Å². The molecular weight excluding hydrogens is 458 g/mol. The first-order chi connectivity index (χ1) is 17.5. The van der Waals surface area contributed by atoms with Gasteiger partial charge in [-0.2, -0.15) is 5.10 Å². The fourth-order valence-electron chi connectivity index (χ4n) is 5.01. The maximum Gasteiger partial charge on any atom is 0.259 e. The highest BCUT2D eigenvalue weighted by Crippen LogP contribution is 2.34. The Kier molecular flexibility index (Phi) is 6.65. The van der Waals surface area contributed by atoms with E-state index in [0.29, 0.717) is 17.1 Å². The Hall–Kier alpha value is -3.85. The summed E-state index contributed by atoms with van der Waals surface area (Å²) in [5, 5.41) is 7.40. The molecule has 1 N–H and O–H groups in total. The van der Waals surface area contributed by atoms with E-state index in [-0.39, 0.29) is 18.1 Å². The Labute approximate surface area is 210 Å². The van der Waals surface area contributed by atoms with Crippen LogP contribution in [0.4, 0.5) is 0 Å². The lowest BCUT2D eigenvalue weighted by Gasteiger charge is -2.31. The smallest absolute Gasteiger partial charge is 0.259 e. The Balaban J connectivity index is 1.49. The molecule has 2 heterocycles. The van der Waals surface area contributed by atoms with Gasteiger partial charge in [0.15, 0.2) is 0 Å². The summed E-state index contributed by atoms with van der Waals surface area (Å²) in [5.41, 5.74) is 4.99. The molecule has 1 fully saturated rings. The van der Waals surface area contributed by atoms with Crippen molar-refractivity contribution in [3.63, 3.8) is 0 Å². The highest BCUT2D eigenvalue weighted by molar-refractivity contribution is 6.00. The molecule has 0 aliphatic heterocycles. The number of hydrogen-bond acceptors (Lipinski definition) is 6. The van der Waals surface area contributed by atoms with Gasteiger partial charge in [0.05, 0.1) is 49.3 Å². The number of fused-ring (bicyclic) bond motifs is 1. The number of methoxy groups -OCH3 is 3. The van der Waals surface area contributed by atoms with E-state index in [1.54, 1.807) is 32.3 Å². The number of benzene rings is 2.